The van der Waals surface area contributed by atoms with Crippen LogP contribution in [0.2, 0.25) is 0 Å². The van der Waals surface area contributed by atoms with Gasteiger partial charge >= 0.3 is 0 Å². The summed E-state index contributed by atoms with van der Waals surface area (Å²) in [6.07, 6.45) is 4.62. The van der Waals surface area contributed by atoms with E-state index >= 15 is 0 Å². The molecule has 0 radical (unpaired) electrons. The third-order valence-electron chi connectivity index (χ3n) is 6.22. The van der Waals surface area contributed by atoms with Crippen LogP contribution in [0.1, 0.15) is 18.4 Å². The number of likely N-dealkylation sites (tertiary alicyclic amines) is 1. The van der Waals surface area contributed by atoms with E-state index in [1.165, 1.54) is 6.42 Å². The van der Waals surface area contributed by atoms with Gasteiger partial charge in [-0.25, -0.2) is 4.98 Å². The van der Waals surface area contributed by atoms with Crippen molar-refractivity contribution >= 4 is 11.7 Å². The Hall–Kier alpha value is -2.60. The van der Waals surface area contributed by atoms with Crippen molar-refractivity contribution in [3.63, 3.8) is 0 Å². The smallest absolute Gasteiger partial charge is 0.227 e. The van der Waals surface area contributed by atoms with Gasteiger partial charge in [-0.05, 0) is 48.6 Å². The Kier molecular flexibility index (Phi) is 6.84. The maximum Gasteiger partial charge on any atom is 0.227 e. The molecule has 2 aliphatic heterocycles. The summed E-state index contributed by atoms with van der Waals surface area (Å²) >= 11 is 0. The van der Waals surface area contributed by atoms with E-state index in [0.717, 1.165) is 69.4 Å². The molecule has 1 amide bonds. The predicted molar refractivity (Wildman–Crippen MR) is 119 cm³/mol. The van der Waals surface area contributed by atoms with Gasteiger partial charge in [-0.15, -0.1) is 0 Å². The molecular weight excluding hydrogens is 376 g/mol. The van der Waals surface area contributed by atoms with Crippen molar-refractivity contribution in [2.75, 3.05) is 57.8 Å². The molecule has 0 aliphatic carbocycles. The maximum absolute atomic E-state index is 12.9. The van der Waals surface area contributed by atoms with Crippen LogP contribution in [0.3, 0.4) is 0 Å². The van der Waals surface area contributed by atoms with E-state index in [-0.39, 0.29) is 5.91 Å². The molecule has 0 saturated carbocycles. The number of amides is 1. The van der Waals surface area contributed by atoms with Crippen molar-refractivity contribution in [3.05, 3.63) is 54.2 Å². The van der Waals surface area contributed by atoms with Gasteiger partial charge in [0.2, 0.25) is 5.91 Å². The van der Waals surface area contributed by atoms with Crippen LogP contribution in [0.4, 0.5) is 5.82 Å². The molecule has 2 saturated heterocycles. The standard InChI is InChI=1S/C24H32N4O2/c1-30-22-8-4-6-20(16-22)17-24(29)28-11-5-7-21(19-28)18-26-12-14-27(15-13-26)23-9-2-3-10-25-23/h2-4,6,8-10,16,21H,5,7,11-15,17-19H2,1H3. The molecule has 2 aromatic rings. The van der Waals surface area contributed by atoms with Crippen LogP contribution in [0.5, 0.6) is 5.75 Å². The largest absolute Gasteiger partial charge is 0.497 e. The Labute approximate surface area is 179 Å². The lowest BCUT2D eigenvalue weighted by molar-refractivity contribution is -0.132. The highest BCUT2D eigenvalue weighted by Crippen LogP contribution is 2.21. The zero-order chi connectivity index (χ0) is 20.8. The van der Waals surface area contributed by atoms with E-state index in [0.29, 0.717) is 12.3 Å². The Balaban J connectivity index is 1.25. The fourth-order valence-corrected chi connectivity index (χ4v) is 4.57. The second-order valence-electron chi connectivity index (χ2n) is 8.35. The molecule has 3 heterocycles. The molecule has 2 fully saturated rings. The van der Waals surface area contributed by atoms with Gasteiger partial charge < -0.3 is 14.5 Å². The molecule has 0 spiro atoms. The van der Waals surface area contributed by atoms with Crippen LogP contribution in [-0.4, -0.2) is 73.6 Å². The van der Waals surface area contributed by atoms with Gasteiger partial charge in [-0.1, -0.05) is 18.2 Å². The second kappa shape index (κ2) is 9.94. The monoisotopic (exact) mass is 408 g/mol. The van der Waals surface area contributed by atoms with E-state index in [9.17, 15) is 4.79 Å². The number of methoxy groups -OCH3 is 1. The van der Waals surface area contributed by atoms with E-state index < -0.39 is 0 Å². The number of carbonyl (C=O) groups is 1. The number of pyridine rings is 1. The van der Waals surface area contributed by atoms with Gasteiger partial charge in [0.1, 0.15) is 11.6 Å². The highest BCUT2D eigenvalue weighted by Gasteiger charge is 2.27. The minimum Gasteiger partial charge on any atom is -0.497 e. The zero-order valence-electron chi connectivity index (χ0n) is 17.9. The number of benzene rings is 1. The normalized spacial score (nSPS) is 20.2. The summed E-state index contributed by atoms with van der Waals surface area (Å²) in [5.41, 5.74) is 1.02. The van der Waals surface area contributed by atoms with Crippen molar-refractivity contribution in [1.82, 2.24) is 14.8 Å². The minimum atomic E-state index is 0.230. The molecule has 160 valence electrons. The van der Waals surface area contributed by atoms with Gasteiger partial charge in [0, 0.05) is 52.0 Å². The lowest BCUT2D eigenvalue weighted by Gasteiger charge is -2.39. The summed E-state index contributed by atoms with van der Waals surface area (Å²) in [4.78, 5) is 24.3. The first kappa shape index (κ1) is 20.7. The number of carbonyl (C=O) groups excluding carboxylic acids is 1. The summed E-state index contributed by atoms with van der Waals surface area (Å²) in [5, 5.41) is 0. The van der Waals surface area contributed by atoms with Crippen molar-refractivity contribution in [2.24, 2.45) is 5.92 Å². The fourth-order valence-electron chi connectivity index (χ4n) is 4.57. The van der Waals surface area contributed by atoms with Gasteiger partial charge in [-0.2, -0.15) is 0 Å². The first-order valence-electron chi connectivity index (χ1n) is 11.0. The second-order valence-corrected chi connectivity index (χ2v) is 8.35. The van der Waals surface area contributed by atoms with Crippen LogP contribution in [0, 0.1) is 5.92 Å². The summed E-state index contributed by atoms with van der Waals surface area (Å²) in [7, 11) is 1.66. The Morgan fingerprint density at radius 1 is 1.10 bits per heavy atom. The van der Waals surface area contributed by atoms with Crippen molar-refractivity contribution in [3.8, 4) is 5.75 Å². The fraction of sp³-hybridized carbons (Fsp3) is 0.500. The minimum absolute atomic E-state index is 0.230. The molecule has 6 nitrogen and oxygen atoms in total. The lowest BCUT2D eigenvalue weighted by Crippen LogP contribution is -2.50. The van der Waals surface area contributed by atoms with Crippen LogP contribution < -0.4 is 9.64 Å². The summed E-state index contributed by atoms with van der Waals surface area (Å²) in [6.45, 7) is 7.00. The van der Waals surface area contributed by atoms with Gasteiger partial charge in [0.25, 0.3) is 0 Å². The van der Waals surface area contributed by atoms with Crippen molar-refractivity contribution in [1.29, 1.82) is 0 Å². The average molecular weight is 409 g/mol. The third-order valence-corrected chi connectivity index (χ3v) is 6.22. The summed E-state index contributed by atoms with van der Waals surface area (Å²) < 4.78 is 5.28. The van der Waals surface area contributed by atoms with E-state index in [2.05, 4.69) is 25.8 Å². The number of hydrogen-bond acceptors (Lipinski definition) is 5. The van der Waals surface area contributed by atoms with Gasteiger partial charge in [0.05, 0.1) is 13.5 Å². The molecular formula is C24H32N4O2. The Morgan fingerprint density at radius 3 is 2.73 bits per heavy atom. The van der Waals surface area contributed by atoms with Crippen LogP contribution >= 0.6 is 0 Å². The zero-order valence-corrected chi connectivity index (χ0v) is 17.9. The molecule has 6 heteroatoms. The number of ether oxygens (including phenoxy) is 1. The molecule has 0 bridgehead atoms. The molecule has 1 atom stereocenters. The number of rotatable bonds is 6. The van der Waals surface area contributed by atoms with Crippen LogP contribution in [-0.2, 0) is 11.2 Å². The number of piperazine rings is 1. The van der Waals surface area contributed by atoms with E-state index in [1.807, 2.05) is 42.6 Å². The first-order valence-corrected chi connectivity index (χ1v) is 11.0. The number of hydrogen-bond donors (Lipinski definition) is 0. The van der Waals surface area contributed by atoms with E-state index in [1.54, 1.807) is 7.11 Å². The molecule has 1 unspecified atom stereocenters. The molecule has 1 aromatic carbocycles. The summed E-state index contributed by atoms with van der Waals surface area (Å²) in [5.74, 6) is 2.67. The van der Waals surface area contributed by atoms with Gasteiger partial charge in [0.15, 0.2) is 0 Å². The molecule has 1 aromatic heterocycles. The number of nitrogens with zero attached hydrogens (tertiary/aromatic N) is 4. The van der Waals surface area contributed by atoms with E-state index in [4.69, 9.17) is 4.74 Å². The summed E-state index contributed by atoms with van der Waals surface area (Å²) in [6, 6.07) is 13.9. The lowest BCUT2D eigenvalue weighted by atomic mass is 9.96. The molecule has 0 N–H and O–H groups in total. The Bertz CT molecular complexity index is 821. The molecule has 30 heavy (non-hydrogen) atoms. The van der Waals surface area contributed by atoms with Crippen LogP contribution in [0.25, 0.3) is 0 Å². The topological polar surface area (TPSA) is 48.9 Å². The highest BCUT2D eigenvalue weighted by atomic mass is 16.5. The van der Waals surface area contributed by atoms with Crippen LogP contribution in [0.15, 0.2) is 48.7 Å². The number of anilines is 1. The SMILES string of the molecule is COc1cccc(CC(=O)N2CCCC(CN3CCN(c4ccccn4)CC3)C2)c1. The first-order chi connectivity index (χ1) is 14.7. The maximum atomic E-state index is 12.9. The molecule has 4 rings (SSSR count). The number of aromatic nitrogens is 1. The highest BCUT2D eigenvalue weighted by molar-refractivity contribution is 5.79. The average Bonchev–Trinajstić information content (AvgIpc) is 2.80. The Morgan fingerprint density at radius 2 is 1.97 bits per heavy atom. The number of piperidine rings is 1. The predicted octanol–water partition coefficient (Wildman–Crippen LogP) is 2.69. The quantitative estimate of drug-likeness (QED) is 0.736. The van der Waals surface area contributed by atoms with Crippen molar-refractivity contribution < 1.29 is 9.53 Å². The van der Waals surface area contributed by atoms with Gasteiger partial charge in [-0.3, -0.25) is 9.69 Å². The molecule has 2 aliphatic rings. The van der Waals surface area contributed by atoms with Crippen molar-refractivity contribution in [2.45, 2.75) is 19.3 Å². The third kappa shape index (κ3) is 5.30.